The predicted octanol–water partition coefficient (Wildman–Crippen LogP) is 2.45. The molecule has 0 saturated carbocycles. The summed E-state index contributed by atoms with van der Waals surface area (Å²) in [5, 5.41) is 0. The van der Waals surface area contributed by atoms with Gasteiger partial charge in [-0.25, -0.2) is 0 Å². The van der Waals surface area contributed by atoms with E-state index in [1.165, 1.54) is 0 Å². The standard InChI is InChI=1S/C8H10/c1-4-6-7-8(3)5-2/h4,7H,2H2,1,3H3. The Kier molecular flexibility index (Phi) is 3.70. The zero-order valence-electron chi connectivity index (χ0n) is 5.36. The second-order valence-corrected chi connectivity index (χ2v) is 1.46. The van der Waals surface area contributed by atoms with E-state index in [-0.39, 0.29) is 0 Å². The first-order valence-corrected chi connectivity index (χ1v) is 2.55. The maximum Gasteiger partial charge on any atom is -0.00207 e. The van der Waals surface area contributed by atoms with Crippen LogP contribution in [0.1, 0.15) is 13.8 Å². The lowest BCUT2D eigenvalue weighted by Crippen LogP contribution is -1.55. The minimum Gasteiger partial charge on any atom is -0.125 e. The molecule has 0 aliphatic carbocycles. The van der Waals surface area contributed by atoms with Gasteiger partial charge in [0, 0.05) is 0 Å². The first kappa shape index (κ1) is 7.04. The van der Waals surface area contributed by atoms with Crippen molar-refractivity contribution in [2.45, 2.75) is 13.8 Å². The molecule has 0 spiro atoms. The van der Waals surface area contributed by atoms with E-state index in [0.29, 0.717) is 0 Å². The zero-order valence-corrected chi connectivity index (χ0v) is 5.36. The summed E-state index contributed by atoms with van der Waals surface area (Å²) in [6.45, 7) is 7.32. The Balaban J connectivity index is 4.11. The minimum atomic E-state index is 1.02. The number of hydrogen-bond donors (Lipinski definition) is 0. The van der Waals surface area contributed by atoms with Crippen molar-refractivity contribution in [1.82, 2.24) is 0 Å². The van der Waals surface area contributed by atoms with E-state index in [4.69, 9.17) is 0 Å². The van der Waals surface area contributed by atoms with Gasteiger partial charge in [-0.15, -0.1) is 11.5 Å². The molecule has 0 aliphatic rings. The molecular weight excluding hydrogens is 96.1 g/mol. The molecule has 0 amide bonds. The summed E-state index contributed by atoms with van der Waals surface area (Å²) in [7, 11) is 0. The summed E-state index contributed by atoms with van der Waals surface area (Å²) in [5.74, 6) is 0. The largest absolute Gasteiger partial charge is 0.125 e. The first-order chi connectivity index (χ1) is 3.81. The van der Waals surface area contributed by atoms with Crippen LogP contribution in [0, 0.1) is 0 Å². The van der Waals surface area contributed by atoms with Gasteiger partial charge in [0.2, 0.25) is 0 Å². The van der Waals surface area contributed by atoms with Crippen molar-refractivity contribution < 1.29 is 0 Å². The molecule has 0 aromatic heterocycles. The lowest BCUT2D eigenvalue weighted by molar-refractivity contribution is 1.55. The van der Waals surface area contributed by atoms with Crippen LogP contribution >= 0.6 is 0 Å². The van der Waals surface area contributed by atoms with E-state index in [1.54, 1.807) is 0 Å². The van der Waals surface area contributed by atoms with Crippen LogP contribution in [0.4, 0.5) is 0 Å². The van der Waals surface area contributed by atoms with Crippen molar-refractivity contribution in [3.05, 3.63) is 35.8 Å². The third-order valence-electron chi connectivity index (χ3n) is 0.745. The van der Waals surface area contributed by atoms with Gasteiger partial charge in [0.05, 0.1) is 0 Å². The van der Waals surface area contributed by atoms with Gasteiger partial charge in [-0.3, -0.25) is 0 Å². The van der Waals surface area contributed by atoms with Gasteiger partial charge in [-0.2, -0.15) is 0 Å². The Bertz CT molecular complexity index is 160. The minimum absolute atomic E-state index is 1.02. The maximum atomic E-state index is 3.47. The third kappa shape index (κ3) is 3.24. The van der Waals surface area contributed by atoms with Crippen molar-refractivity contribution in [3.8, 4) is 0 Å². The summed E-state index contributed by atoms with van der Waals surface area (Å²) in [5.41, 5.74) is 6.65. The van der Waals surface area contributed by atoms with Gasteiger partial charge in [0.15, 0.2) is 0 Å². The average molecular weight is 106 g/mol. The van der Waals surface area contributed by atoms with Crippen LogP contribution in [0.15, 0.2) is 35.8 Å². The van der Waals surface area contributed by atoms with Gasteiger partial charge in [-0.05, 0) is 31.6 Å². The Hall–Kier alpha value is -0.960. The SMILES string of the molecule is C=C=C(C)C=C=CC. The summed E-state index contributed by atoms with van der Waals surface area (Å²) in [6, 6.07) is 0. The Morgan fingerprint density at radius 2 is 2.25 bits per heavy atom. The summed E-state index contributed by atoms with van der Waals surface area (Å²) in [6.07, 6.45) is 3.69. The molecule has 0 aromatic carbocycles. The molecule has 0 rings (SSSR count). The van der Waals surface area contributed by atoms with Crippen LogP contribution in [0.3, 0.4) is 0 Å². The van der Waals surface area contributed by atoms with Crippen LogP contribution < -0.4 is 0 Å². The fourth-order valence-electron chi connectivity index (χ4n) is 0.259. The lowest BCUT2D eigenvalue weighted by Gasteiger charge is -1.74. The fourth-order valence-corrected chi connectivity index (χ4v) is 0.259. The molecule has 0 bridgehead atoms. The molecule has 0 saturated heterocycles. The Morgan fingerprint density at radius 1 is 1.62 bits per heavy atom. The maximum absolute atomic E-state index is 3.47. The molecule has 0 radical (unpaired) electrons. The quantitative estimate of drug-likeness (QED) is 0.356. The molecule has 8 heavy (non-hydrogen) atoms. The monoisotopic (exact) mass is 106 g/mol. The number of rotatable bonds is 1. The molecule has 0 unspecified atom stereocenters. The molecule has 0 atom stereocenters. The van der Waals surface area contributed by atoms with E-state index in [2.05, 4.69) is 18.0 Å². The molecule has 0 N–H and O–H groups in total. The van der Waals surface area contributed by atoms with Crippen LogP contribution in [-0.4, -0.2) is 0 Å². The fraction of sp³-hybridized carbons (Fsp3) is 0.250. The van der Waals surface area contributed by atoms with E-state index >= 15 is 0 Å². The summed E-state index contributed by atoms with van der Waals surface area (Å²) in [4.78, 5) is 0. The molecule has 0 nitrogen and oxygen atoms in total. The highest BCUT2D eigenvalue weighted by atomic mass is 13.7. The third-order valence-corrected chi connectivity index (χ3v) is 0.745. The van der Waals surface area contributed by atoms with Crippen molar-refractivity contribution in [1.29, 1.82) is 0 Å². The smallest absolute Gasteiger partial charge is 0.00207 e. The van der Waals surface area contributed by atoms with Gasteiger partial charge in [0.25, 0.3) is 0 Å². The van der Waals surface area contributed by atoms with Crippen molar-refractivity contribution in [2.24, 2.45) is 0 Å². The Morgan fingerprint density at radius 3 is 2.62 bits per heavy atom. The lowest BCUT2D eigenvalue weighted by atomic mass is 10.3. The van der Waals surface area contributed by atoms with E-state index in [9.17, 15) is 0 Å². The van der Waals surface area contributed by atoms with Crippen LogP contribution in [0.5, 0.6) is 0 Å². The zero-order chi connectivity index (χ0) is 6.41. The van der Waals surface area contributed by atoms with E-state index in [1.807, 2.05) is 26.0 Å². The van der Waals surface area contributed by atoms with Crippen LogP contribution in [0.25, 0.3) is 0 Å². The highest BCUT2D eigenvalue weighted by Crippen LogP contribution is 1.86. The molecule has 0 heteroatoms. The van der Waals surface area contributed by atoms with Crippen LogP contribution in [0.2, 0.25) is 0 Å². The molecule has 0 aliphatic heterocycles. The second kappa shape index (κ2) is 4.21. The van der Waals surface area contributed by atoms with Gasteiger partial charge in [0.1, 0.15) is 0 Å². The van der Waals surface area contributed by atoms with E-state index < -0.39 is 0 Å². The highest BCUT2D eigenvalue weighted by Gasteiger charge is 1.68. The number of hydrogen-bond acceptors (Lipinski definition) is 0. The molecule has 0 heterocycles. The molecular formula is C8H10. The topological polar surface area (TPSA) is 0 Å². The normalized spacial score (nSPS) is 6.25. The number of allylic oxidation sites excluding steroid dienone is 2. The van der Waals surface area contributed by atoms with Gasteiger partial charge >= 0.3 is 0 Å². The van der Waals surface area contributed by atoms with Gasteiger partial charge < -0.3 is 0 Å². The average Bonchev–Trinajstić information content (AvgIpc) is 1.83. The second-order valence-electron chi connectivity index (χ2n) is 1.46. The van der Waals surface area contributed by atoms with Crippen molar-refractivity contribution in [3.63, 3.8) is 0 Å². The summed E-state index contributed by atoms with van der Waals surface area (Å²) < 4.78 is 0. The van der Waals surface area contributed by atoms with Gasteiger partial charge in [-0.1, -0.05) is 6.58 Å². The van der Waals surface area contributed by atoms with Crippen molar-refractivity contribution >= 4 is 0 Å². The molecule has 0 fully saturated rings. The van der Waals surface area contributed by atoms with Crippen molar-refractivity contribution in [2.75, 3.05) is 0 Å². The van der Waals surface area contributed by atoms with Crippen LogP contribution in [-0.2, 0) is 0 Å². The highest BCUT2D eigenvalue weighted by molar-refractivity contribution is 5.12. The Labute approximate surface area is 50.5 Å². The summed E-state index contributed by atoms with van der Waals surface area (Å²) >= 11 is 0. The molecule has 42 valence electrons. The first-order valence-electron chi connectivity index (χ1n) is 2.55. The van der Waals surface area contributed by atoms with E-state index in [0.717, 1.165) is 5.57 Å². The molecule has 0 aromatic rings. The predicted molar refractivity (Wildman–Crippen MR) is 36.7 cm³/mol.